The molecule has 2 saturated heterocycles. The second-order valence-corrected chi connectivity index (χ2v) is 6.91. The minimum atomic E-state index is 0.143. The van der Waals surface area contributed by atoms with Crippen molar-refractivity contribution in [3.63, 3.8) is 0 Å². The second kappa shape index (κ2) is 5.41. The Morgan fingerprint density at radius 2 is 2.30 bits per heavy atom. The monoisotopic (exact) mass is 294 g/mol. The molecule has 1 amide bonds. The van der Waals surface area contributed by atoms with E-state index in [4.69, 9.17) is 0 Å². The van der Waals surface area contributed by atoms with Crippen molar-refractivity contribution in [1.82, 2.24) is 19.8 Å². The number of nitrogens with one attached hydrogen (secondary N) is 1. The number of fused-ring (bicyclic) bond motifs is 1. The van der Waals surface area contributed by atoms with Gasteiger partial charge in [-0.1, -0.05) is 25.3 Å². The second-order valence-electron chi connectivity index (χ2n) is 6.16. The molecule has 3 rings (SSSR count). The van der Waals surface area contributed by atoms with Crippen LogP contribution >= 0.6 is 11.5 Å². The molecular formula is C14H22N4OS. The van der Waals surface area contributed by atoms with E-state index in [1.807, 2.05) is 0 Å². The zero-order valence-electron chi connectivity index (χ0n) is 12.3. The Bertz CT molecular complexity index is 501. The van der Waals surface area contributed by atoms with E-state index in [0.717, 1.165) is 36.6 Å². The summed E-state index contributed by atoms with van der Waals surface area (Å²) in [4.78, 5) is 15.7. The lowest BCUT2D eigenvalue weighted by Crippen LogP contribution is -2.39. The fourth-order valence-corrected chi connectivity index (χ4v) is 4.41. The van der Waals surface area contributed by atoms with E-state index >= 15 is 0 Å². The average molecular weight is 294 g/mol. The first-order valence-electron chi connectivity index (χ1n) is 7.47. The van der Waals surface area contributed by atoms with Crippen molar-refractivity contribution >= 4 is 17.4 Å². The number of carbonyl (C=O) groups excluding carboxylic acids is 1. The Hall–Kier alpha value is -1.01. The molecule has 110 valence electrons. The number of amides is 1. The lowest BCUT2D eigenvalue weighted by molar-refractivity contribution is 0.0715. The number of aromatic nitrogens is 2. The highest BCUT2D eigenvalue weighted by Gasteiger charge is 2.45. The first-order valence-corrected chi connectivity index (χ1v) is 8.24. The molecule has 0 aromatic carbocycles. The van der Waals surface area contributed by atoms with E-state index in [1.54, 1.807) is 0 Å². The van der Waals surface area contributed by atoms with Gasteiger partial charge in [0.25, 0.3) is 5.91 Å². The minimum Gasteiger partial charge on any atom is -0.334 e. The molecule has 0 spiro atoms. The van der Waals surface area contributed by atoms with Crippen LogP contribution < -0.4 is 5.32 Å². The summed E-state index contributed by atoms with van der Waals surface area (Å²) >= 11 is 1.25. The summed E-state index contributed by atoms with van der Waals surface area (Å²) in [6.07, 6.45) is 1.03. The maximum Gasteiger partial charge on any atom is 0.267 e. The van der Waals surface area contributed by atoms with Crippen LogP contribution in [0.2, 0.25) is 0 Å². The Kier molecular flexibility index (Phi) is 3.77. The molecule has 0 aliphatic carbocycles. The molecule has 1 aromatic rings. The normalized spacial score (nSPS) is 29.2. The molecule has 2 fully saturated rings. The van der Waals surface area contributed by atoms with Crippen LogP contribution in [0.4, 0.5) is 0 Å². The van der Waals surface area contributed by atoms with Crippen molar-refractivity contribution < 1.29 is 4.79 Å². The molecule has 2 aliphatic heterocycles. The van der Waals surface area contributed by atoms with Crippen LogP contribution in [0.5, 0.6) is 0 Å². The van der Waals surface area contributed by atoms with Crippen LogP contribution in [0.25, 0.3) is 0 Å². The maximum atomic E-state index is 12.9. The predicted molar refractivity (Wildman–Crippen MR) is 79.0 cm³/mol. The van der Waals surface area contributed by atoms with Gasteiger partial charge in [0, 0.05) is 25.7 Å². The highest BCUT2D eigenvalue weighted by atomic mass is 32.1. The molecule has 3 atom stereocenters. The third-order valence-corrected chi connectivity index (χ3v) is 5.38. The summed E-state index contributed by atoms with van der Waals surface area (Å²) in [5.74, 6) is 1.63. The molecule has 0 radical (unpaired) electrons. The molecule has 6 heteroatoms. The van der Waals surface area contributed by atoms with Gasteiger partial charge in [0.1, 0.15) is 4.88 Å². The van der Waals surface area contributed by atoms with Gasteiger partial charge in [-0.2, -0.15) is 0 Å². The van der Waals surface area contributed by atoms with Gasteiger partial charge >= 0.3 is 0 Å². The van der Waals surface area contributed by atoms with E-state index in [2.05, 4.69) is 40.6 Å². The number of hydrogen-bond acceptors (Lipinski definition) is 5. The Balaban J connectivity index is 1.85. The number of nitrogens with zero attached hydrogens (tertiary/aromatic N) is 3. The Labute approximate surface area is 123 Å². The van der Waals surface area contributed by atoms with Gasteiger partial charge < -0.3 is 10.2 Å². The summed E-state index contributed by atoms with van der Waals surface area (Å²) in [7, 11) is 0. The van der Waals surface area contributed by atoms with Crippen LogP contribution in [0.1, 0.15) is 48.5 Å². The van der Waals surface area contributed by atoms with Crippen molar-refractivity contribution in [3.05, 3.63) is 10.6 Å². The standard InChI is InChI=1S/C14H22N4OS/c1-4-11-10-6-15-5-9(10)7-18(11)14(19)13-12(8(2)3)16-17-20-13/h8-11,15H,4-7H2,1-3H3. The lowest BCUT2D eigenvalue weighted by atomic mass is 9.93. The molecular weight excluding hydrogens is 272 g/mol. The third kappa shape index (κ3) is 2.15. The fraction of sp³-hybridized carbons (Fsp3) is 0.786. The first kappa shape index (κ1) is 13.9. The van der Waals surface area contributed by atoms with E-state index < -0.39 is 0 Å². The van der Waals surface area contributed by atoms with Gasteiger partial charge in [-0.15, -0.1) is 5.10 Å². The van der Waals surface area contributed by atoms with Crippen molar-refractivity contribution in [3.8, 4) is 0 Å². The molecule has 2 aliphatic rings. The van der Waals surface area contributed by atoms with Crippen LogP contribution in [-0.4, -0.2) is 46.1 Å². The average Bonchev–Trinajstić information content (AvgIpc) is 3.11. The van der Waals surface area contributed by atoms with Crippen LogP contribution in [0.15, 0.2) is 0 Å². The number of hydrogen-bond donors (Lipinski definition) is 1. The van der Waals surface area contributed by atoms with Gasteiger partial charge in [0.05, 0.1) is 5.69 Å². The summed E-state index contributed by atoms with van der Waals surface area (Å²) in [6, 6.07) is 0.365. The van der Waals surface area contributed by atoms with Gasteiger partial charge in [-0.05, 0) is 35.7 Å². The molecule has 3 heterocycles. The summed E-state index contributed by atoms with van der Waals surface area (Å²) in [6.45, 7) is 9.28. The number of carbonyl (C=O) groups is 1. The predicted octanol–water partition coefficient (Wildman–Crippen LogP) is 1.73. The molecule has 20 heavy (non-hydrogen) atoms. The van der Waals surface area contributed by atoms with E-state index in [9.17, 15) is 4.79 Å². The Morgan fingerprint density at radius 1 is 1.50 bits per heavy atom. The molecule has 3 unspecified atom stereocenters. The van der Waals surface area contributed by atoms with Crippen molar-refractivity contribution in [2.45, 2.75) is 39.2 Å². The first-order chi connectivity index (χ1) is 9.63. The quantitative estimate of drug-likeness (QED) is 0.922. The topological polar surface area (TPSA) is 58.1 Å². The molecule has 1 N–H and O–H groups in total. The largest absolute Gasteiger partial charge is 0.334 e. The minimum absolute atomic E-state index is 0.143. The number of rotatable bonds is 3. The highest BCUT2D eigenvalue weighted by Crippen LogP contribution is 2.36. The lowest BCUT2D eigenvalue weighted by Gasteiger charge is -2.26. The smallest absolute Gasteiger partial charge is 0.267 e. The third-order valence-electron chi connectivity index (χ3n) is 4.65. The molecule has 0 bridgehead atoms. The van der Waals surface area contributed by atoms with E-state index in [1.165, 1.54) is 11.5 Å². The molecule has 1 aromatic heterocycles. The van der Waals surface area contributed by atoms with E-state index in [0.29, 0.717) is 17.9 Å². The summed E-state index contributed by atoms with van der Waals surface area (Å²) < 4.78 is 3.99. The van der Waals surface area contributed by atoms with E-state index in [-0.39, 0.29) is 11.8 Å². The van der Waals surface area contributed by atoms with Crippen molar-refractivity contribution in [2.24, 2.45) is 11.8 Å². The van der Waals surface area contributed by atoms with Crippen LogP contribution in [-0.2, 0) is 0 Å². The van der Waals surface area contributed by atoms with Gasteiger partial charge in [0.15, 0.2) is 0 Å². The fourth-order valence-electron chi connectivity index (χ4n) is 3.63. The molecule has 0 saturated carbocycles. The van der Waals surface area contributed by atoms with Crippen molar-refractivity contribution in [2.75, 3.05) is 19.6 Å². The summed E-state index contributed by atoms with van der Waals surface area (Å²) in [5, 5.41) is 7.59. The van der Waals surface area contributed by atoms with Crippen LogP contribution in [0, 0.1) is 11.8 Å². The zero-order valence-corrected chi connectivity index (χ0v) is 13.1. The zero-order chi connectivity index (χ0) is 14.3. The molecule has 5 nitrogen and oxygen atoms in total. The van der Waals surface area contributed by atoms with Gasteiger partial charge in [0.2, 0.25) is 0 Å². The highest BCUT2D eigenvalue weighted by molar-refractivity contribution is 7.08. The SMILES string of the molecule is CCC1C2CNCC2CN1C(=O)c1snnc1C(C)C. The van der Waals surface area contributed by atoms with Gasteiger partial charge in [-0.25, -0.2) is 0 Å². The number of likely N-dealkylation sites (tertiary alicyclic amines) is 1. The summed E-state index contributed by atoms with van der Waals surface area (Å²) in [5.41, 5.74) is 0.852. The maximum absolute atomic E-state index is 12.9. The van der Waals surface area contributed by atoms with Gasteiger partial charge in [-0.3, -0.25) is 4.79 Å². The van der Waals surface area contributed by atoms with Crippen molar-refractivity contribution in [1.29, 1.82) is 0 Å². The Morgan fingerprint density at radius 3 is 3.00 bits per heavy atom. The van der Waals surface area contributed by atoms with Crippen LogP contribution in [0.3, 0.4) is 0 Å².